The summed E-state index contributed by atoms with van der Waals surface area (Å²) in [6.45, 7) is 8.02. The smallest absolute Gasteiger partial charge is 0.219 e. The Labute approximate surface area is 96.8 Å². The van der Waals surface area contributed by atoms with Gasteiger partial charge in [0, 0.05) is 6.92 Å². The van der Waals surface area contributed by atoms with Crippen molar-refractivity contribution in [3.63, 3.8) is 0 Å². The van der Waals surface area contributed by atoms with Crippen molar-refractivity contribution in [2.24, 2.45) is 0 Å². The largest absolute Gasteiger partial charge is 0.473 e. The zero-order valence-corrected chi connectivity index (χ0v) is 10.3. The third kappa shape index (κ3) is 3.57. The molecule has 0 bridgehead atoms. The summed E-state index contributed by atoms with van der Waals surface area (Å²) >= 11 is 0. The van der Waals surface area contributed by atoms with Crippen LogP contribution >= 0.6 is 0 Å². The van der Waals surface area contributed by atoms with Crippen molar-refractivity contribution in [1.29, 1.82) is 0 Å². The lowest BCUT2D eigenvalue weighted by Gasteiger charge is -2.12. The SMILES string of the molecule is CC(=O)NCOc1ccc(C(C)C)cc1C. The number of aryl methyl sites for hydroxylation is 1. The maximum atomic E-state index is 10.7. The molecule has 0 saturated carbocycles. The first-order chi connectivity index (χ1) is 7.50. The highest BCUT2D eigenvalue weighted by atomic mass is 16.5. The van der Waals surface area contributed by atoms with Crippen molar-refractivity contribution >= 4 is 5.91 Å². The molecule has 0 saturated heterocycles. The van der Waals surface area contributed by atoms with E-state index in [4.69, 9.17) is 4.74 Å². The Kier molecular flexibility index (Phi) is 4.35. The fraction of sp³-hybridized carbons (Fsp3) is 0.462. The monoisotopic (exact) mass is 221 g/mol. The van der Waals surface area contributed by atoms with Gasteiger partial charge in [-0.2, -0.15) is 0 Å². The van der Waals surface area contributed by atoms with E-state index in [0.29, 0.717) is 5.92 Å². The van der Waals surface area contributed by atoms with Gasteiger partial charge >= 0.3 is 0 Å². The van der Waals surface area contributed by atoms with E-state index in [1.54, 1.807) is 0 Å². The van der Waals surface area contributed by atoms with Crippen molar-refractivity contribution in [3.05, 3.63) is 29.3 Å². The van der Waals surface area contributed by atoms with Crippen LogP contribution < -0.4 is 10.1 Å². The molecule has 0 aliphatic carbocycles. The summed E-state index contributed by atoms with van der Waals surface area (Å²) in [4.78, 5) is 10.7. The number of amides is 1. The predicted octanol–water partition coefficient (Wildman–Crippen LogP) is 2.59. The first-order valence-corrected chi connectivity index (χ1v) is 5.48. The summed E-state index contributed by atoms with van der Waals surface area (Å²) in [6, 6.07) is 6.13. The second-order valence-corrected chi connectivity index (χ2v) is 4.20. The van der Waals surface area contributed by atoms with Crippen LogP contribution in [0.2, 0.25) is 0 Å². The van der Waals surface area contributed by atoms with Gasteiger partial charge in [-0.15, -0.1) is 0 Å². The van der Waals surface area contributed by atoms with Crippen molar-refractivity contribution < 1.29 is 9.53 Å². The maximum Gasteiger partial charge on any atom is 0.219 e. The molecule has 0 fully saturated rings. The molecule has 0 radical (unpaired) electrons. The van der Waals surface area contributed by atoms with Gasteiger partial charge in [0.25, 0.3) is 0 Å². The van der Waals surface area contributed by atoms with Crippen LogP contribution in [0, 0.1) is 6.92 Å². The summed E-state index contributed by atoms with van der Waals surface area (Å²) in [5.41, 5.74) is 2.39. The minimum Gasteiger partial charge on any atom is -0.473 e. The topological polar surface area (TPSA) is 38.3 Å². The average molecular weight is 221 g/mol. The van der Waals surface area contributed by atoms with E-state index in [9.17, 15) is 4.79 Å². The molecule has 0 aliphatic heterocycles. The van der Waals surface area contributed by atoms with E-state index >= 15 is 0 Å². The van der Waals surface area contributed by atoms with E-state index in [0.717, 1.165) is 11.3 Å². The second-order valence-electron chi connectivity index (χ2n) is 4.20. The van der Waals surface area contributed by atoms with Crippen molar-refractivity contribution in [2.45, 2.75) is 33.6 Å². The molecule has 1 aromatic rings. The van der Waals surface area contributed by atoms with Gasteiger partial charge in [0.2, 0.25) is 5.91 Å². The van der Waals surface area contributed by atoms with E-state index in [1.165, 1.54) is 12.5 Å². The Morgan fingerprint density at radius 2 is 2.12 bits per heavy atom. The van der Waals surface area contributed by atoms with E-state index in [2.05, 4.69) is 31.3 Å². The van der Waals surface area contributed by atoms with Crippen LogP contribution in [0.1, 0.15) is 37.8 Å². The Balaban J connectivity index is 2.64. The van der Waals surface area contributed by atoms with E-state index < -0.39 is 0 Å². The average Bonchev–Trinajstić information content (AvgIpc) is 2.19. The molecular formula is C13H19NO2. The van der Waals surface area contributed by atoms with Crippen LogP contribution in [0.4, 0.5) is 0 Å². The highest BCUT2D eigenvalue weighted by Gasteiger charge is 2.04. The minimum atomic E-state index is -0.0866. The Hall–Kier alpha value is -1.51. The number of rotatable bonds is 4. The first-order valence-electron chi connectivity index (χ1n) is 5.48. The summed E-state index contributed by atoms with van der Waals surface area (Å²) in [5.74, 6) is 1.25. The summed E-state index contributed by atoms with van der Waals surface area (Å²) in [7, 11) is 0. The zero-order chi connectivity index (χ0) is 12.1. The normalized spacial score (nSPS) is 10.3. The van der Waals surface area contributed by atoms with E-state index in [-0.39, 0.29) is 12.6 Å². The summed E-state index contributed by atoms with van der Waals surface area (Å²) in [6.07, 6.45) is 0. The van der Waals surface area contributed by atoms with Crippen molar-refractivity contribution in [3.8, 4) is 5.75 Å². The molecule has 0 heterocycles. The standard InChI is InChI=1S/C13H19NO2/c1-9(2)12-5-6-13(10(3)7-12)16-8-14-11(4)15/h5-7,9H,8H2,1-4H3,(H,14,15). The molecule has 1 amide bonds. The van der Waals surface area contributed by atoms with Crippen molar-refractivity contribution in [2.75, 3.05) is 6.73 Å². The number of hydrogen-bond acceptors (Lipinski definition) is 2. The lowest BCUT2D eigenvalue weighted by molar-refractivity contribution is -0.119. The Morgan fingerprint density at radius 1 is 1.44 bits per heavy atom. The molecule has 3 heteroatoms. The minimum absolute atomic E-state index is 0.0866. The van der Waals surface area contributed by atoms with Crippen molar-refractivity contribution in [1.82, 2.24) is 5.32 Å². The van der Waals surface area contributed by atoms with Gasteiger partial charge in [0.15, 0.2) is 6.73 Å². The van der Waals surface area contributed by atoms with Crippen LogP contribution in [0.15, 0.2) is 18.2 Å². The second kappa shape index (κ2) is 5.54. The number of benzene rings is 1. The highest BCUT2D eigenvalue weighted by Crippen LogP contribution is 2.23. The quantitative estimate of drug-likeness (QED) is 0.794. The lowest BCUT2D eigenvalue weighted by Crippen LogP contribution is -2.25. The molecule has 1 rings (SSSR count). The molecule has 0 atom stereocenters. The third-order valence-electron chi connectivity index (χ3n) is 2.41. The fourth-order valence-corrected chi connectivity index (χ4v) is 1.41. The van der Waals surface area contributed by atoms with Crippen LogP contribution in [-0.4, -0.2) is 12.6 Å². The number of hydrogen-bond donors (Lipinski definition) is 1. The predicted molar refractivity (Wildman–Crippen MR) is 64.6 cm³/mol. The molecule has 0 aliphatic rings. The fourth-order valence-electron chi connectivity index (χ4n) is 1.41. The molecule has 0 aromatic heterocycles. The molecule has 1 N–H and O–H groups in total. The summed E-state index contributed by atoms with van der Waals surface area (Å²) in [5, 5.41) is 2.60. The summed E-state index contributed by atoms with van der Waals surface area (Å²) < 4.78 is 5.45. The number of ether oxygens (including phenoxy) is 1. The first kappa shape index (κ1) is 12.6. The Morgan fingerprint density at radius 3 is 2.62 bits per heavy atom. The lowest BCUT2D eigenvalue weighted by atomic mass is 10.0. The van der Waals surface area contributed by atoms with Crippen LogP contribution in [-0.2, 0) is 4.79 Å². The van der Waals surface area contributed by atoms with Gasteiger partial charge in [-0.1, -0.05) is 26.0 Å². The highest BCUT2D eigenvalue weighted by molar-refractivity contribution is 5.72. The zero-order valence-electron chi connectivity index (χ0n) is 10.3. The molecule has 1 aromatic carbocycles. The van der Waals surface area contributed by atoms with Crippen LogP contribution in [0.25, 0.3) is 0 Å². The van der Waals surface area contributed by atoms with Gasteiger partial charge in [0.05, 0.1) is 0 Å². The third-order valence-corrected chi connectivity index (χ3v) is 2.41. The molecule has 88 valence electrons. The van der Waals surface area contributed by atoms with Gasteiger partial charge < -0.3 is 10.1 Å². The van der Waals surface area contributed by atoms with Crippen LogP contribution in [0.5, 0.6) is 5.75 Å². The molecule has 0 spiro atoms. The number of carbonyl (C=O) groups is 1. The maximum absolute atomic E-state index is 10.7. The Bertz CT molecular complexity index is 372. The van der Waals surface area contributed by atoms with E-state index in [1.807, 2.05) is 13.0 Å². The van der Waals surface area contributed by atoms with Gasteiger partial charge in [0.1, 0.15) is 5.75 Å². The number of carbonyl (C=O) groups excluding carboxylic acids is 1. The molecule has 0 unspecified atom stereocenters. The molecule has 3 nitrogen and oxygen atoms in total. The number of nitrogens with one attached hydrogen (secondary N) is 1. The molecular weight excluding hydrogens is 202 g/mol. The van der Waals surface area contributed by atoms with Gasteiger partial charge in [-0.3, -0.25) is 4.79 Å². The van der Waals surface area contributed by atoms with Gasteiger partial charge in [-0.25, -0.2) is 0 Å². The van der Waals surface area contributed by atoms with Gasteiger partial charge in [-0.05, 0) is 30.0 Å². The van der Waals surface area contributed by atoms with Crippen LogP contribution in [0.3, 0.4) is 0 Å². The molecule has 16 heavy (non-hydrogen) atoms.